The largest absolute Gasteiger partial charge is 0.496 e. The Morgan fingerprint density at radius 3 is 2.00 bits per heavy atom. The topological polar surface area (TPSA) is 69.7 Å². The number of carbonyl (C=O) groups excluding carboxylic acids is 3. The second kappa shape index (κ2) is 8.97. The molecule has 146 valence electrons. The molecule has 0 amide bonds. The van der Waals surface area contributed by atoms with Gasteiger partial charge in [-0.2, -0.15) is 0 Å². The van der Waals surface area contributed by atoms with Gasteiger partial charge < -0.3 is 9.47 Å². The number of benzene rings is 3. The fourth-order valence-corrected chi connectivity index (χ4v) is 2.88. The molecule has 0 saturated heterocycles. The fraction of sp³-hybridized carbons (Fsp3) is 0.125. The summed E-state index contributed by atoms with van der Waals surface area (Å²) in [5.74, 6) is -1.00. The van der Waals surface area contributed by atoms with Crippen LogP contribution in [-0.2, 0) is 4.74 Å². The van der Waals surface area contributed by atoms with E-state index in [9.17, 15) is 14.4 Å². The van der Waals surface area contributed by atoms with Crippen molar-refractivity contribution >= 4 is 17.5 Å². The molecule has 0 unspecified atom stereocenters. The summed E-state index contributed by atoms with van der Waals surface area (Å²) in [5, 5.41) is 0. The van der Waals surface area contributed by atoms with Gasteiger partial charge in [0.2, 0.25) is 5.78 Å². The highest BCUT2D eigenvalue weighted by atomic mass is 16.5. The molecule has 29 heavy (non-hydrogen) atoms. The molecule has 3 aromatic rings. The van der Waals surface area contributed by atoms with Gasteiger partial charge in [-0.15, -0.1) is 0 Å². The summed E-state index contributed by atoms with van der Waals surface area (Å²) < 4.78 is 10.4. The lowest BCUT2D eigenvalue weighted by atomic mass is 9.98. The Labute approximate surface area is 168 Å². The second-order valence-corrected chi connectivity index (χ2v) is 6.44. The number of aryl methyl sites for hydroxylation is 1. The van der Waals surface area contributed by atoms with Gasteiger partial charge in [0.05, 0.1) is 18.2 Å². The van der Waals surface area contributed by atoms with Crippen LogP contribution in [0, 0.1) is 6.92 Å². The lowest BCUT2D eigenvalue weighted by molar-refractivity contribution is 0.0472. The number of hydrogen-bond donors (Lipinski definition) is 0. The molecule has 3 rings (SSSR count). The summed E-state index contributed by atoms with van der Waals surface area (Å²) in [6.45, 7) is 1.48. The van der Waals surface area contributed by atoms with E-state index < -0.39 is 18.4 Å². The van der Waals surface area contributed by atoms with Gasteiger partial charge >= 0.3 is 5.97 Å². The van der Waals surface area contributed by atoms with Crippen molar-refractivity contribution in [2.24, 2.45) is 0 Å². The molecule has 0 N–H and O–H groups in total. The number of carbonyl (C=O) groups is 3. The standard InChI is InChI=1S/C24H20O5/c1-16-11-13-17(14-12-16)23(26)18-7-3-4-8-19(18)24(27)29-15-21(25)20-9-5-6-10-22(20)28-2/h3-14H,15H2,1-2H3. The minimum Gasteiger partial charge on any atom is -0.496 e. The van der Waals surface area contributed by atoms with E-state index in [1.807, 2.05) is 19.1 Å². The van der Waals surface area contributed by atoms with Gasteiger partial charge in [0.15, 0.2) is 12.4 Å². The predicted molar refractivity (Wildman–Crippen MR) is 109 cm³/mol. The number of Topliss-reactive ketones (excluding diaryl/α,β-unsaturated/α-hetero) is 1. The van der Waals surface area contributed by atoms with Gasteiger partial charge in [0.1, 0.15) is 5.75 Å². The van der Waals surface area contributed by atoms with E-state index in [0.717, 1.165) is 5.56 Å². The monoisotopic (exact) mass is 388 g/mol. The van der Waals surface area contributed by atoms with E-state index in [0.29, 0.717) is 16.9 Å². The highest BCUT2D eigenvalue weighted by molar-refractivity contribution is 6.14. The summed E-state index contributed by atoms with van der Waals surface area (Å²) in [6.07, 6.45) is 0. The van der Waals surface area contributed by atoms with E-state index in [-0.39, 0.29) is 16.9 Å². The maximum Gasteiger partial charge on any atom is 0.339 e. The summed E-state index contributed by atoms with van der Waals surface area (Å²) >= 11 is 0. The van der Waals surface area contributed by atoms with Crippen LogP contribution in [0.15, 0.2) is 72.8 Å². The van der Waals surface area contributed by atoms with Crippen LogP contribution >= 0.6 is 0 Å². The second-order valence-electron chi connectivity index (χ2n) is 6.44. The fourth-order valence-electron chi connectivity index (χ4n) is 2.88. The molecule has 0 saturated carbocycles. The smallest absolute Gasteiger partial charge is 0.339 e. The summed E-state index contributed by atoms with van der Waals surface area (Å²) in [6, 6.07) is 20.2. The van der Waals surface area contributed by atoms with Crippen LogP contribution in [0.5, 0.6) is 5.75 Å². The average molecular weight is 388 g/mol. The first-order chi connectivity index (χ1) is 14.0. The van der Waals surface area contributed by atoms with E-state index in [1.54, 1.807) is 54.6 Å². The van der Waals surface area contributed by atoms with Crippen molar-refractivity contribution in [3.05, 3.63) is 101 Å². The lowest BCUT2D eigenvalue weighted by Gasteiger charge is -2.10. The molecule has 0 fully saturated rings. The van der Waals surface area contributed by atoms with Crippen LogP contribution in [0.3, 0.4) is 0 Å². The highest BCUT2D eigenvalue weighted by Crippen LogP contribution is 2.19. The maximum absolute atomic E-state index is 12.8. The van der Waals surface area contributed by atoms with E-state index in [1.165, 1.54) is 13.2 Å². The molecule has 0 spiro atoms. The SMILES string of the molecule is COc1ccccc1C(=O)COC(=O)c1ccccc1C(=O)c1ccc(C)cc1. The highest BCUT2D eigenvalue weighted by Gasteiger charge is 2.21. The van der Waals surface area contributed by atoms with Crippen molar-refractivity contribution in [2.45, 2.75) is 6.92 Å². The Balaban J connectivity index is 1.77. The summed E-state index contributed by atoms with van der Waals surface area (Å²) in [7, 11) is 1.46. The van der Waals surface area contributed by atoms with Gasteiger partial charge in [-0.1, -0.05) is 60.2 Å². The molecule has 0 atom stereocenters. The molecule has 3 aromatic carbocycles. The average Bonchev–Trinajstić information content (AvgIpc) is 2.77. The van der Waals surface area contributed by atoms with Crippen molar-refractivity contribution in [3.8, 4) is 5.75 Å². The predicted octanol–water partition coefficient (Wildman–Crippen LogP) is 4.27. The zero-order chi connectivity index (χ0) is 20.8. The number of methoxy groups -OCH3 is 1. The normalized spacial score (nSPS) is 10.3. The van der Waals surface area contributed by atoms with Crippen LogP contribution in [0.25, 0.3) is 0 Å². The molecular formula is C24H20O5. The third-order valence-corrected chi connectivity index (χ3v) is 4.45. The van der Waals surface area contributed by atoms with Crippen molar-refractivity contribution in [1.29, 1.82) is 0 Å². The number of hydrogen-bond acceptors (Lipinski definition) is 5. The van der Waals surface area contributed by atoms with Crippen LogP contribution < -0.4 is 4.74 Å². The molecule has 0 bridgehead atoms. The van der Waals surface area contributed by atoms with Crippen LogP contribution in [-0.4, -0.2) is 31.3 Å². The molecule has 0 aliphatic carbocycles. The van der Waals surface area contributed by atoms with Gasteiger partial charge in [-0.25, -0.2) is 4.79 Å². The van der Waals surface area contributed by atoms with Gasteiger partial charge in [0.25, 0.3) is 0 Å². The van der Waals surface area contributed by atoms with Crippen molar-refractivity contribution in [1.82, 2.24) is 0 Å². The molecule has 0 radical (unpaired) electrons. The zero-order valence-electron chi connectivity index (χ0n) is 16.2. The first kappa shape index (κ1) is 20.0. The van der Waals surface area contributed by atoms with Gasteiger partial charge in [-0.05, 0) is 25.1 Å². The molecule has 0 aliphatic rings. The maximum atomic E-state index is 12.8. The van der Waals surface area contributed by atoms with Crippen molar-refractivity contribution in [2.75, 3.05) is 13.7 Å². The molecule has 0 aromatic heterocycles. The summed E-state index contributed by atoms with van der Waals surface area (Å²) in [5.41, 5.74) is 2.17. The Morgan fingerprint density at radius 2 is 1.34 bits per heavy atom. The van der Waals surface area contributed by atoms with Crippen LogP contribution in [0.1, 0.15) is 42.2 Å². The molecule has 5 nitrogen and oxygen atoms in total. The Bertz CT molecular complexity index is 1050. The van der Waals surface area contributed by atoms with Crippen molar-refractivity contribution in [3.63, 3.8) is 0 Å². The Morgan fingerprint density at radius 1 is 0.759 bits per heavy atom. The number of rotatable bonds is 7. The number of esters is 1. The first-order valence-corrected chi connectivity index (χ1v) is 9.05. The number of ketones is 2. The lowest BCUT2D eigenvalue weighted by Crippen LogP contribution is -2.17. The third kappa shape index (κ3) is 4.58. The molecule has 0 heterocycles. The minimum absolute atomic E-state index is 0.117. The van der Waals surface area contributed by atoms with Gasteiger partial charge in [-0.3, -0.25) is 9.59 Å². The quantitative estimate of drug-likeness (QED) is 0.446. The Kier molecular flexibility index (Phi) is 6.19. The van der Waals surface area contributed by atoms with E-state index in [4.69, 9.17) is 9.47 Å². The van der Waals surface area contributed by atoms with E-state index in [2.05, 4.69) is 0 Å². The van der Waals surface area contributed by atoms with Crippen LogP contribution in [0.4, 0.5) is 0 Å². The molecule has 0 aliphatic heterocycles. The third-order valence-electron chi connectivity index (χ3n) is 4.45. The van der Waals surface area contributed by atoms with Crippen molar-refractivity contribution < 1.29 is 23.9 Å². The molecular weight excluding hydrogens is 368 g/mol. The Hall–Kier alpha value is -3.73. The minimum atomic E-state index is -0.732. The number of para-hydroxylation sites is 1. The summed E-state index contributed by atoms with van der Waals surface area (Å²) in [4.78, 5) is 37.8. The number of ether oxygens (including phenoxy) is 2. The first-order valence-electron chi connectivity index (χ1n) is 9.05. The van der Waals surface area contributed by atoms with Gasteiger partial charge in [0, 0.05) is 11.1 Å². The van der Waals surface area contributed by atoms with Crippen LogP contribution in [0.2, 0.25) is 0 Å². The molecule has 5 heteroatoms. The van der Waals surface area contributed by atoms with E-state index >= 15 is 0 Å². The zero-order valence-corrected chi connectivity index (χ0v) is 16.2.